The molecule has 1 unspecified atom stereocenters. The molecule has 10 nitrogen and oxygen atoms in total. The monoisotopic (exact) mass is 393 g/mol. The second-order valence-electron chi connectivity index (χ2n) is 6.48. The van der Waals surface area contributed by atoms with Crippen LogP contribution in [0.15, 0.2) is 54.1 Å². The van der Waals surface area contributed by atoms with Gasteiger partial charge in [-0.15, -0.1) is 0 Å². The van der Waals surface area contributed by atoms with Crippen LogP contribution in [-0.2, 0) is 11.9 Å². The average molecular weight is 393 g/mol. The van der Waals surface area contributed by atoms with Crippen molar-refractivity contribution in [1.82, 2.24) is 25.1 Å². The number of amidine groups is 1. The molecule has 2 amide bonds. The highest BCUT2D eigenvalue weighted by Crippen LogP contribution is 2.23. The topological polar surface area (TPSA) is 116 Å². The quantitative estimate of drug-likeness (QED) is 0.704. The number of carbonyl (C=O) groups is 1. The minimum atomic E-state index is -0.382. The molecule has 10 heteroatoms. The molecule has 1 aliphatic rings. The Morgan fingerprint density at radius 3 is 2.76 bits per heavy atom. The van der Waals surface area contributed by atoms with Crippen LogP contribution in [0, 0.1) is 0 Å². The van der Waals surface area contributed by atoms with E-state index in [1.807, 2.05) is 20.2 Å². The lowest BCUT2D eigenvalue weighted by Crippen LogP contribution is -2.33. The van der Waals surface area contributed by atoms with Crippen LogP contribution < -0.4 is 15.4 Å². The third-order valence-electron chi connectivity index (χ3n) is 4.01. The second-order valence-corrected chi connectivity index (χ2v) is 6.48. The summed E-state index contributed by atoms with van der Waals surface area (Å²) in [6.45, 7) is 1.88. The van der Waals surface area contributed by atoms with Crippen LogP contribution in [0.25, 0.3) is 11.4 Å². The molecule has 0 spiro atoms. The number of anilines is 1. The van der Waals surface area contributed by atoms with Gasteiger partial charge in [0, 0.05) is 37.6 Å². The lowest BCUT2D eigenvalue weighted by Gasteiger charge is -2.08. The van der Waals surface area contributed by atoms with Gasteiger partial charge in [-0.05, 0) is 31.2 Å². The highest BCUT2D eigenvalue weighted by Gasteiger charge is 2.18. The summed E-state index contributed by atoms with van der Waals surface area (Å²) in [7, 11) is 1.83. The summed E-state index contributed by atoms with van der Waals surface area (Å²) in [5.41, 5.74) is 1.41. The van der Waals surface area contributed by atoms with Crippen molar-refractivity contribution in [3.63, 3.8) is 0 Å². The van der Waals surface area contributed by atoms with Crippen molar-refractivity contribution in [1.29, 1.82) is 0 Å². The molecule has 0 bridgehead atoms. The van der Waals surface area contributed by atoms with Crippen molar-refractivity contribution in [3.8, 4) is 23.0 Å². The average Bonchev–Trinajstić information content (AvgIpc) is 3.32. The van der Waals surface area contributed by atoms with Gasteiger partial charge in [-0.3, -0.25) is 10.00 Å². The SMILES string of the molecule is CC1CC(NC(=O)Nc2ccc(Oc3ccnc(-c4cnn(C)c4)n3)cc2)=NO1. The van der Waals surface area contributed by atoms with Crippen molar-refractivity contribution in [2.24, 2.45) is 12.2 Å². The number of aromatic nitrogens is 4. The Morgan fingerprint density at radius 1 is 1.24 bits per heavy atom. The van der Waals surface area contributed by atoms with E-state index in [-0.39, 0.29) is 12.1 Å². The number of aryl methyl sites for hydroxylation is 1. The summed E-state index contributed by atoms with van der Waals surface area (Å²) in [6, 6.07) is 8.22. The van der Waals surface area contributed by atoms with Crippen LogP contribution in [0.5, 0.6) is 11.6 Å². The van der Waals surface area contributed by atoms with Gasteiger partial charge in [-0.25, -0.2) is 9.78 Å². The summed E-state index contributed by atoms with van der Waals surface area (Å²) in [5, 5.41) is 13.3. The van der Waals surface area contributed by atoms with Crippen molar-refractivity contribution in [2.75, 3.05) is 5.32 Å². The number of amides is 2. The van der Waals surface area contributed by atoms with Crippen molar-refractivity contribution < 1.29 is 14.4 Å². The number of oxime groups is 1. The van der Waals surface area contributed by atoms with E-state index in [4.69, 9.17) is 9.57 Å². The Labute approximate surface area is 166 Å². The van der Waals surface area contributed by atoms with Gasteiger partial charge in [0.2, 0.25) is 5.88 Å². The summed E-state index contributed by atoms with van der Waals surface area (Å²) in [5.74, 6) is 2.02. The van der Waals surface area contributed by atoms with Gasteiger partial charge in [0.05, 0.1) is 11.8 Å². The zero-order valence-electron chi connectivity index (χ0n) is 15.9. The maximum Gasteiger partial charge on any atom is 0.324 e. The van der Waals surface area contributed by atoms with E-state index in [0.717, 1.165) is 5.56 Å². The number of rotatable bonds is 4. The van der Waals surface area contributed by atoms with Crippen LogP contribution in [0.4, 0.5) is 10.5 Å². The largest absolute Gasteiger partial charge is 0.439 e. The molecule has 4 rings (SSSR count). The lowest BCUT2D eigenvalue weighted by molar-refractivity contribution is 0.0995. The molecule has 0 fully saturated rings. The zero-order valence-corrected chi connectivity index (χ0v) is 15.9. The third kappa shape index (κ3) is 4.67. The van der Waals surface area contributed by atoms with Gasteiger partial charge in [0.1, 0.15) is 11.9 Å². The molecule has 3 heterocycles. The first-order valence-corrected chi connectivity index (χ1v) is 8.96. The van der Waals surface area contributed by atoms with Crippen LogP contribution in [0.2, 0.25) is 0 Å². The number of nitrogens with one attached hydrogen (secondary N) is 2. The molecule has 0 saturated heterocycles. The third-order valence-corrected chi connectivity index (χ3v) is 4.01. The molecule has 1 aromatic carbocycles. The van der Waals surface area contributed by atoms with Gasteiger partial charge < -0.3 is 14.9 Å². The molecular formula is C19H19N7O3. The van der Waals surface area contributed by atoms with E-state index >= 15 is 0 Å². The number of carbonyl (C=O) groups excluding carboxylic acids is 1. The number of nitrogens with zero attached hydrogens (tertiary/aromatic N) is 5. The van der Waals surface area contributed by atoms with Gasteiger partial charge in [0.25, 0.3) is 0 Å². The fraction of sp³-hybridized carbons (Fsp3) is 0.211. The van der Waals surface area contributed by atoms with Crippen LogP contribution in [-0.4, -0.2) is 37.7 Å². The Balaban J connectivity index is 1.36. The number of urea groups is 1. The molecule has 29 heavy (non-hydrogen) atoms. The van der Waals surface area contributed by atoms with E-state index in [2.05, 4.69) is 30.9 Å². The predicted octanol–water partition coefficient (Wildman–Crippen LogP) is 2.91. The predicted molar refractivity (Wildman–Crippen MR) is 106 cm³/mol. The Kier molecular flexibility index (Phi) is 5.06. The highest BCUT2D eigenvalue weighted by molar-refractivity contribution is 6.03. The van der Waals surface area contributed by atoms with E-state index in [0.29, 0.717) is 35.4 Å². The Morgan fingerprint density at radius 2 is 2.07 bits per heavy atom. The van der Waals surface area contributed by atoms with Gasteiger partial charge in [0.15, 0.2) is 11.7 Å². The van der Waals surface area contributed by atoms with Gasteiger partial charge >= 0.3 is 6.03 Å². The second kappa shape index (κ2) is 7.97. The summed E-state index contributed by atoms with van der Waals surface area (Å²) < 4.78 is 7.47. The minimum absolute atomic E-state index is 0.0257. The van der Waals surface area contributed by atoms with Crippen LogP contribution in [0.1, 0.15) is 13.3 Å². The summed E-state index contributed by atoms with van der Waals surface area (Å²) >= 11 is 0. The van der Waals surface area contributed by atoms with Gasteiger partial charge in [-0.1, -0.05) is 5.16 Å². The first kappa shape index (κ1) is 18.4. The molecule has 148 valence electrons. The maximum atomic E-state index is 12.0. The number of benzene rings is 1. The van der Waals surface area contributed by atoms with Crippen LogP contribution in [0.3, 0.4) is 0 Å². The molecule has 1 aliphatic heterocycles. The van der Waals surface area contributed by atoms with E-state index < -0.39 is 0 Å². The minimum Gasteiger partial charge on any atom is -0.439 e. The standard InChI is InChI=1S/C19H19N7O3/c1-12-9-16(25-29-12)23-19(27)22-14-3-5-15(6-4-14)28-17-7-8-20-18(24-17)13-10-21-26(2)11-13/h3-8,10-12H,9H2,1-2H3,(H2,22,23,25,27). The molecule has 0 aliphatic carbocycles. The Bertz CT molecular complexity index is 1050. The summed E-state index contributed by atoms with van der Waals surface area (Å²) in [4.78, 5) is 25.7. The van der Waals surface area contributed by atoms with E-state index in [9.17, 15) is 4.79 Å². The van der Waals surface area contributed by atoms with Crippen molar-refractivity contribution >= 4 is 17.6 Å². The molecule has 2 aromatic heterocycles. The molecule has 0 saturated carbocycles. The molecule has 2 N–H and O–H groups in total. The first-order chi connectivity index (χ1) is 14.0. The number of hydrogen-bond donors (Lipinski definition) is 2. The zero-order chi connectivity index (χ0) is 20.2. The molecule has 3 aromatic rings. The smallest absolute Gasteiger partial charge is 0.324 e. The van der Waals surface area contributed by atoms with E-state index in [1.54, 1.807) is 47.4 Å². The fourth-order valence-electron chi connectivity index (χ4n) is 2.67. The lowest BCUT2D eigenvalue weighted by atomic mass is 10.3. The maximum absolute atomic E-state index is 12.0. The summed E-state index contributed by atoms with van der Waals surface area (Å²) in [6.07, 6.45) is 5.69. The highest BCUT2D eigenvalue weighted by atomic mass is 16.6. The Hall–Kier alpha value is -3.95. The van der Waals surface area contributed by atoms with E-state index in [1.165, 1.54) is 0 Å². The van der Waals surface area contributed by atoms with Crippen LogP contribution >= 0.6 is 0 Å². The molecular weight excluding hydrogens is 374 g/mol. The fourth-order valence-corrected chi connectivity index (χ4v) is 2.67. The molecule has 0 radical (unpaired) electrons. The normalized spacial score (nSPS) is 15.4. The van der Waals surface area contributed by atoms with Crippen molar-refractivity contribution in [2.45, 2.75) is 19.4 Å². The molecule has 1 atom stereocenters. The number of hydrogen-bond acceptors (Lipinski definition) is 7. The van der Waals surface area contributed by atoms with Gasteiger partial charge in [-0.2, -0.15) is 10.1 Å². The number of ether oxygens (including phenoxy) is 1. The van der Waals surface area contributed by atoms with Crippen molar-refractivity contribution in [3.05, 3.63) is 48.9 Å². The first-order valence-electron chi connectivity index (χ1n) is 8.96.